The first kappa shape index (κ1) is 15.2. The van der Waals surface area contributed by atoms with E-state index in [-0.39, 0.29) is 0 Å². The van der Waals surface area contributed by atoms with Gasteiger partial charge in [-0.1, -0.05) is 6.07 Å². The van der Waals surface area contributed by atoms with Gasteiger partial charge in [-0.15, -0.1) is 0 Å². The number of ether oxygens (including phenoxy) is 1. The lowest BCUT2D eigenvalue weighted by Gasteiger charge is -2.26. The van der Waals surface area contributed by atoms with E-state index in [2.05, 4.69) is 16.0 Å². The van der Waals surface area contributed by atoms with Crippen molar-refractivity contribution in [3.63, 3.8) is 0 Å². The topological polar surface area (TPSA) is 29.8 Å². The summed E-state index contributed by atoms with van der Waals surface area (Å²) in [7, 11) is 0. The van der Waals surface area contributed by atoms with Crippen LogP contribution < -0.4 is 0 Å². The van der Waals surface area contributed by atoms with Crippen LogP contribution in [0.1, 0.15) is 5.56 Å². The van der Waals surface area contributed by atoms with Gasteiger partial charge < -0.3 is 4.74 Å². The third kappa shape index (κ3) is 2.79. The second-order valence-corrected chi connectivity index (χ2v) is 5.89. The summed E-state index contributed by atoms with van der Waals surface area (Å²) in [4.78, 5) is 6.76. The van der Waals surface area contributed by atoms with Crippen LogP contribution in [0.5, 0.6) is 0 Å². The second-order valence-electron chi connectivity index (χ2n) is 5.89. The van der Waals surface area contributed by atoms with Gasteiger partial charge in [0.15, 0.2) is 11.6 Å². The minimum atomic E-state index is -0.867. The summed E-state index contributed by atoms with van der Waals surface area (Å²) < 4.78 is 34.0. The van der Waals surface area contributed by atoms with Crippen LogP contribution >= 0.6 is 0 Å². The Hall–Kier alpha value is -2.31. The van der Waals surface area contributed by atoms with Crippen LogP contribution in [0.25, 0.3) is 16.9 Å². The van der Waals surface area contributed by atoms with Crippen molar-refractivity contribution < 1.29 is 13.5 Å². The Labute approximate surface area is 138 Å². The molecule has 0 radical (unpaired) electrons. The van der Waals surface area contributed by atoms with E-state index in [1.54, 1.807) is 12.3 Å². The zero-order chi connectivity index (χ0) is 16.5. The molecular weight excluding hydrogens is 312 g/mol. The summed E-state index contributed by atoms with van der Waals surface area (Å²) in [5.74, 6) is -1.12. The lowest BCUT2D eigenvalue weighted by atomic mass is 10.2. The van der Waals surface area contributed by atoms with Gasteiger partial charge >= 0.3 is 0 Å². The molecule has 1 fully saturated rings. The number of morpholine rings is 1. The van der Waals surface area contributed by atoms with Crippen molar-refractivity contribution in [2.75, 3.05) is 26.3 Å². The Morgan fingerprint density at radius 1 is 1.08 bits per heavy atom. The number of fused-ring (bicyclic) bond motifs is 1. The normalized spacial score (nSPS) is 15.9. The first-order valence-corrected chi connectivity index (χ1v) is 7.93. The number of benzene rings is 1. The largest absolute Gasteiger partial charge is 0.379 e. The molecule has 0 aliphatic carbocycles. The Morgan fingerprint density at radius 3 is 2.71 bits per heavy atom. The van der Waals surface area contributed by atoms with E-state index in [1.165, 1.54) is 6.07 Å². The standard InChI is InChI=1S/C18H17F2N3O/c19-15-4-3-13(10-16(15)20)18-21-11-17-14(2-1-5-23(17)18)12-22-6-8-24-9-7-22/h1-5,10-11H,6-9,12H2. The quantitative estimate of drug-likeness (QED) is 0.739. The summed E-state index contributed by atoms with van der Waals surface area (Å²) >= 11 is 0. The summed E-state index contributed by atoms with van der Waals surface area (Å²) in [5, 5.41) is 0. The van der Waals surface area contributed by atoms with Crippen molar-refractivity contribution in [1.29, 1.82) is 0 Å². The Bertz CT molecular complexity index is 872. The monoisotopic (exact) mass is 329 g/mol. The van der Waals surface area contributed by atoms with E-state index in [0.29, 0.717) is 11.4 Å². The first-order chi connectivity index (χ1) is 11.7. The van der Waals surface area contributed by atoms with Gasteiger partial charge in [0.1, 0.15) is 5.82 Å². The number of imidazole rings is 1. The number of pyridine rings is 1. The molecular formula is C18H17F2N3O. The zero-order valence-electron chi connectivity index (χ0n) is 13.1. The van der Waals surface area contributed by atoms with Crippen molar-refractivity contribution in [2.24, 2.45) is 0 Å². The van der Waals surface area contributed by atoms with Crippen LogP contribution in [-0.4, -0.2) is 40.6 Å². The van der Waals surface area contributed by atoms with Gasteiger partial charge in [0, 0.05) is 31.4 Å². The van der Waals surface area contributed by atoms with E-state index in [4.69, 9.17) is 4.74 Å². The third-order valence-corrected chi connectivity index (χ3v) is 4.33. The van der Waals surface area contributed by atoms with Gasteiger partial charge in [0.05, 0.1) is 24.9 Å². The van der Waals surface area contributed by atoms with Crippen molar-refractivity contribution in [1.82, 2.24) is 14.3 Å². The van der Waals surface area contributed by atoms with Crippen LogP contribution in [-0.2, 0) is 11.3 Å². The average Bonchev–Trinajstić information content (AvgIpc) is 3.03. The fourth-order valence-electron chi connectivity index (χ4n) is 3.06. The summed E-state index contributed by atoms with van der Waals surface area (Å²) in [6, 6.07) is 7.87. The first-order valence-electron chi connectivity index (χ1n) is 7.93. The molecule has 4 rings (SSSR count). The van der Waals surface area contributed by atoms with Crippen LogP contribution in [0.4, 0.5) is 8.78 Å². The molecule has 1 aliphatic rings. The predicted octanol–water partition coefficient (Wildman–Crippen LogP) is 3.11. The molecule has 1 aromatic carbocycles. The average molecular weight is 329 g/mol. The Kier molecular flexibility index (Phi) is 4.00. The van der Waals surface area contributed by atoms with Gasteiger partial charge in [-0.05, 0) is 29.8 Å². The SMILES string of the molecule is Fc1ccc(-c2ncc3c(CN4CCOCC4)cccn23)cc1F. The second kappa shape index (κ2) is 6.30. The van der Waals surface area contributed by atoms with Crippen molar-refractivity contribution in [3.05, 3.63) is 59.9 Å². The fourth-order valence-corrected chi connectivity index (χ4v) is 3.06. The molecule has 24 heavy (non-hydrogen) atoms. The number of aromatic nitrogens is 2. The molecule has 0 atom stereocenters. The molecule has 4 nitrogen and oxygen atoms in total. The highest BCUT2D eigenvalue weighted by atomic mass is 19.2. The van der Waals surface area contributed by atoms with Crippen LogP contribution in [0.2, 0.25) is 0 Å². The number of nitrogens with zero attached hydrogens (tertiary/aromatic N) is 3. The maximum atomic E-state index is 13.5. The number of rotatable bonds is 3. The van der Waals surface area contributed by atoms with Crippen molar-refractivity contribution >= 4 is 5.52 Å². The van der Waals surface area contributed by atoms with Gasteiger partial charge in [-0.2, -0.15) is 0 Å². The van der Waals surface area contributed by atoms with E-state index in [0.717, 1.165) is 50.0 Å². The molecule has 0 unspecified atom stereocenters. The molecule has 0 bridgehead atoms. The van der Waals surface area contributed by atoms with Crippen LogP contribution in [0.3, 0.4) is 0 Å². The molecule has 3 aromatic rings. The molecule has 3 heterocycles. The van der Waals surface area contributed by atoms with Crippen molar-refractivity contribution in [3.8, 4) is 11.4 Å². The predicted molar refractivity (Wildman–Crippen MR) is 86.6 cm³/mol. The van der Waals surface area contributed by atoms with Crippen molar-refractivity contribution in [2.45, 2.75) is 6.54 Å². The smallest absolute Gasteiger partial charge is 0.159 e. The molecule has 124 valence electrons. The number of halogens is 2. The zero-order valence-corrected chi connectivity index (χ0v) is 13.1. The van der Waals surface area contributed by atoms with Crippen LogP contribution in [0, 0.1) is 11.6 Å². The van der Waals surface area contributed by atoms with E-state index < -0.39 is 11.6 Å². The molecule has 0 saturated carbocycles. The van der Waals surface area contributed by atoms with Gasteiger partial charge in [0.2, 0.25) is 0 Å². The molecule has 0 amide bonds. The minimum absolute atomic E-state index is 0.553. The number of hydrogen-bond donors (Lipinski definition) is 0. The fraction of sp³-hybridized carbons (Fsp3) is 0.278. The Balaban J connectivity index is 1.71. The molecule has 0 spiro atoms. The maximum Gasteiger partial charge on any atom is 0.159 e. The minimum Gasteiger partial charge on any atom is -0.379 e. The lowest BCUT2D eigenvalue weighted by Crippen LogP contribution is -2.35. The molecule has 6 heteroatoms. The van der Waals surface area contributed by atoms with E-state index in [9.17, 15) is 8.78 Å². The summed E-state index contributed by atoms with van der Waals surface area (Å²) in [6.07, 6.45) is 3.67. The van der Waals surface area contributed by atoms with E-state index >= 15 is 0 Å². The van der Waals surface area contributed by atoms with E-state index in [1.807, 2.05) is 16.7 Å². The number of hydrogen-bond acceptors (Lipinski definition) is 3. The Morgan fingerprint density at radius 2 is 1.92 bits per heavy atom. The maximum absolute atomic E-state index is 13.5. The van der Waals surface area contributed by atoms with Crippen LogP contribution in [0.15, 0.2) is 42.7 Å². The van der Waals surface area contributed by atoms with Gasteiger partial charge in [-0.25, -0.2) is 13.8 Å². The van der Waals surface area contributed by atoms with Gasteiger partial charge in [-0.3, -0.25) is 9.30 Å². The summed E-state index contributed by atoms with van der Waals surface area (Å²) in [6.45, 7) is 4.14. The highest BCUT2D eigenvalue weighted by Crippen LogP contribution is 2.24. The summed E-state index contributed by atoms with van der Waals surface area (Å²) in [5.41, 5.74) is 2.68. The highest BCUT2D eigenvalue weighted by Gasteiger charge is 2.15. The molecule has 1 aliphatic heterocycles. The molecule has 1 saturated heterocycles. The third-order valence-electron chi connectivity index (χ3n) is 4.33. The lowest BCUT2D eigenvalue weighted by molar-refractivity contribution is 0.0343. The van der Waals surface area contributed by atoms with Gasteiger partial charge in [0.25, 0.3) is 0 Å². The molecule has 2 aromatic heterocycles. The highest BCUT2D eigenvalue weighted by molar-refractivity contribution is 5.65. The molecule has 0 N–H and O–H groups in total.